The molecular formula is C32H40BrN3O4S. The first-order chi connectivity index (χ1) is 19.2. The van der Waals surface area contributed by atoms with E-state index in [2.05, 4.69) is 21.2 Å². The molecule has 7 nitrogen and oxygen atoms in total. The first kappa shape index (κ1) is 32.3. The first-order valence-electron chi connectivity index (χ1n) is 13.7. The van der Waals surface area contributed by atoms with Crippen molar-refractivity contribution in [3.8, 4) is 0 Å². The van der Waals surface area contributed by atoms with Crippen molar-refractivity contribution in [3.05, 3.63) is 100 Å². The molecule has 0 aliphatic rings. The fourth-order valence-electron chi connectivity index (χ4n) is 4.63. The Bertz CT molecular complexity index is 1440. The van der Waals surface area contributed by atoms with Crippen molar-refractivity contribution in [1.29, 1.82) is 0 Å². The fourth-order valence-corrected chi connectivity index (χ4v) is 6.03. The van der Waals surface area contributed by atoms with Gasteiger partial charge in [0.2, 0.25) is 21.8 Å². The number of hydrogen-bond acceptors (Lipinski definition) is 4. The summed E-state index contributed by atoms with van der Waals surface area (Å²) < 4.78 is 27.5. The lowest BCUT2D eigenvalue weighted by Gasteiger charge is -2.34. The van der Waals surface area contributed by atoms with E-state index in [0.29, 0.717) is 18.5 Å². The summed E-state index contributed by atoms with van der Waals surface area (Å²) in [5.41, 5.74) is 2.85. The Hall–Kier alpha value is -3.17. The third kappa shape index (κ3) is 10.3. The van der Waals surface area contributed by atoms with Gasteiger partial charge in [-0.05, 0) is 75.1 Å². The van der Waals surface area contributed by atoms with Gasteiger partial charge < -0.3 is 10.2 Å². The number of anilines is 1. The molecule has 0 aliphatic heterocycles. The van der Waals surface area contributed by atoms with E-state index in [4.69, 9.17) is 0 Å². The zero-order chi connectivity index (χ0) is 30.2. The molecule has 41 heavy (non-hydrogen) atoms. The number of aryl methyl sites for hydroxylation is 1. The largest absolute Gasteiger partial charge is 0.350 e. The summed E-state index contributed by atoms with van der Waals surface area (Å²) in [4.78, 5) is 29.2. The number of amides is 2. The minimum absolute atomic E-state index is 0.0833. The third-order valence-corrected chi connectivity index (χ3v) is 8.14. The number of sulfonamides is 1. The minimum atomic E-state index is -3.56. The molecule has 9 heteroatoms. The van der Waals surface area contributed by atoms with Crippen LogP contribution in [0, 0.1) is 6.92 Å². The van der Waals surface area contributed by atoms with E-state index in [1.54, 1.807) is 11.0 Å². The summed E-state index contributed by atoms with van der Waals surface area (Å²) in [5, 5.41) is 3.06. The molecule has 0 bridgehead atoms. The third-order valence-electron chi connectivity index (χ3n) is 6.45. The maximum absolute atomic E-state index is 13.9. The molecule has 1 N–H and O–H groups in total. The maximum Gasteiger partial charge on any atom is 0.243 e. The molecule has 0 unspecified atom stereocenters. The van der Waals surface area contributed by atoms with Gasteiger partial charge in [0.25, 0.3) is 0 Å². The van der Waals surface area contributed by atoms with Gasteiger partial charge in [-0.1, -0.05) is 70.5 Å². The van der Waals surface area contributed by atoms with Crippen LogP contribution in [0.5, 0.6) is 0 Å². The molecule has 2 amide bonds. The maximum atomic E-state index is 13.9. The normalized spacial score (nSPS) is 12.4. The SMILES string of the molecule is Cc1cccc(N(CCCC(=O)N(Cc2cccc(Br)c2)[C@H](Cc2ccccc2)C(=O)NC(C)(C)C)S(C)(=O)=O)c1. The van der Waals surface area contributed by atoms with Crippen LogP contribution in [0.1, 0.15) is 50.3 Å². The van der Waals surface area contributed by atoms with Gasteiger partial charge in [0.1, 0.15) is 6.04 Å². The molecule has 3 aromatic rings. The molecule has 0 heterocycles. The van der Waals surface area contributed by atoms with Crippen LogP contribution in [0.15, 0.2) is 83.3 Å². The van der Waals surface area contributed by atoms with E-state index in [1.807, 2.05) is 100 Å². The van der Waals surface area contributed by atoms with Crippen LogP contribution in [0.3, 0.4) is 0 Å². The van der Waals surface area contributed by atoms with E-state index in [1.165, 1.54) is 10.6 Å². The summed E-state index contributed by atoms with van der Waals surface area (Å²) in [6, 6.07) is 23.8. The number of carbonyl (C=O) groups is 2. The van der Waals surface area contributed by atoms with Gasteiger partial charge in [0, 0.05) is 35.9 Å². The van der Waals surface area contributed by atoms with Gasteiger partial charge in [-0.25, -0.2) is 8.42 Å². The van der Waals surface area contributed by atoms with Crippen LogP contribution in [-0.2, 0) is 32.6 Å². The zero-order valence-electron chi connectivity index (χ0n) is 24.4. The number of nitrogens with one attached hydrogen (secondary N) is 1. The fraction of sp³-hybridized carbons (Fsp3) is 0.375. The van der Waals surface area contributed by atoms with Crippen molar-refractivity contribution in [2.45, 2.75) is 65.1 Å². The summed E-state index contributed by atoms with van der Waals surface area (Å²) in [6.07, 6.45) is 1.90. The minimum Gasteiger partial charge on any atom is -0.350 e. The van der Waals surface area contributed by atoms with Gasteiger partial charge in [0.15, 0.2) is 0 Å². The van der Waals surface area contributed by atoms with Gasteiger partial charge in [-0.2, -0.15) is 0 Å². The van der Waals surface area contributed by atoms with Crippen LogP contribution in [0.4, 0.5) is 5.69 Å². The highest BCUT2D eigenvalue weighted by atomic mass is 79.9. The van der Waals surface area contributed by atoms with E-state index < -0.39 is 21.6 Å². The standard InChI is InChI=1S/C32H40BrN3O4S/c1-24-12-9-17-28(20-24)36(41(5,39)40)19-11-18-30(37)35(23-26-15-10-16-27(33)21-26)29(31(38)34-32(2,3)4)22-25-13-7-6-8-14-25/h6-10,12-17,20-21,29H,11,18-19,22-23H2,1-5H3,(H,34,38)/t29-/m1/s1. The lowest BCUT2D eigenvalue weighted by atomic mass is 10.00. The smallest absolute Gasteiger partial charge is 0.243 e. The second kappa shape index (κ2) is 14.1. The molecule has 0 aromatic heterocycles. The number of rotatable bonds is 12. The topological polar surface area (TPSA) is 86.8 Å². The second-order valence-electron chi connectivity index (χ2n) is 11.4. The molecule has 220 valence electrons. The Labute approximate surface area is 253 Å². The van der Waals surface area contributed by atoms with E-state index in [-0.39, 0.29) is 31.3 Å². The Morgan fingerprint density at radius 2 is 1.59 bits per heavy atom. The van der Waals surface area contributed by atoms with Crippen molar-refractivity contribution < 1.29 is 18.0 Å². The summed E-state index contributed by atoms with van der Waals surface area (Å²) >= 11 is 3.51. The molecule has 0 aliphatic carbocycles. The molecule has 0 fully saturated rings. The van der Waals surface area contributed by atoms with Crippen molar-refractivity contribution in [1.82, 2.24) is 10.2 Å². The lowest BCUT2D eigenvalue weighted by molar-refractivity contribution is -0.142. The predicted molar refractivity (Wildman–Crippen MR) is 169 cm³/mol. The van der Waals surface area contributed by atoms with Crippen molar-refractivity contribution in [2.24, 2.45) is 0 Å². The average Bonchev–Trinajstić information content (AvgIpc) is 2.87. The Morgan fingerprint density at radius 1 is 0.927 bits per heavy atom. The Kier molecular flexibility index (Phi) is 11.2. The summed E-state index contributed by atoms with van der Waals surface area (Å²) in [5.74, 6) is -0.449. The lowest BCUT2D eigenvalue weighted by Crippen LogP contribution is -2.54. The van der Waals surface area contributed by atoms with Crippen LogP contribution in [0.25, 0.3) is 0 Å². The number of halogens is 1. The first-order valence-corrected chi connectivity index (χ1v) is 16.3. The quantitative estimate of drug-likeness (QED) is 0.268. The van der Waals surface area contributed by atoms with Crippen molar-refractivity contribution in [2.75, 3.05) is 17.1 Å². The van der Waals surface area contributed by atoms with Gasteiger partial charge >= 0.3 is 0 Å². The molecule has 3 rings (SSSR count). The molecule has 0 radical (unpaired) electrons. The number of benzene rings is 3. The molecule has 1 atom stereocenters. The number of nitrogens with zero attached hydrogens (tertiary/aromatic N) is 2. The number of hydrogen-bond donors (Lipinski definition) is 1. The highest BCUT2D eigenvalue weighted by molar-refractivity contribution is 9.10. The van der Waals surface area contributed by atoms with E-state index in [9.17, 15) is 18.0 Å². The molecule has 0 saturated carbocycles. The van der Waals surface area contributed by atoms with Crippen LogP contribution in [0.2, 0.25) is 0 Å². The van der Waals surface area contributed by atoms with Gasteiger partial charge in [0.05, 0.1) is 11.9 Å². The van der Waals surface area contributed by atoms with Crippen LogP contribution in [-0.4, -0.2) is 49.5 Å². The molecule has 0 saturated heterocycles. The highest BCUT2D eigenvalue weighted by Gasteiger charge is 2.32. The summed E-state index contributed by atoms with van der Waals surface area (Å²) in [6.45, 7) is 8.03. The Morgan fingerprint density at radius 3 is 2.20 bits per heavy atom. The Balaban J connectivity index is 1.90. The van der Waals surface area contributed by atoms with E-state index >= 15 is 0 Å². The second-order valence-corrected chi connectivity index (χ2v) is 14.2. The molecule has 3 aromatic carbocycles. The highest BCUT2D eigenvalue weighted by Crippen LogP contribution is 2.22. The predicted octanol–water partition coefficient (Wildman–Crippen LogP) is 5.86. The van der Waals surface area contributed by atoms with Crippen LogP contribution >= 0.6 is 15.9 Å². The van der Waals surface area contributed by atoms with Crippen molar-refractivity contribution in [3.63, 3.8) is 0 Å². The molecular weight excluding hydrogens is 602 g/mol. The number of carbonyl (C=O) groups excluding carboxylic acids is 2. The zero-order valence-corrected chi connectivity index (χ0v) is 26.8. The average molecular weight is 643 g/mol. The summed E-state index contributed by atoms with van der Waals surface area (Å²) in [7, 11) is -3.56. The monoisotopic (exact) mass is 641 g/mol. The van der Waals surface area contributed by atoms with E-state index in [0.717, 1.165) is 21.2 Å². The van der Waals surface area contributed by atoms with Crippen LogP contribution < -0.4 is 9.62 Å². The van der Waals surface area contributed by atoms with Gasteiger partial charge in [-0.15, -0.1) is 0 Å². The molecule has 0 spiro atoms. The van der Waals surface area contributed by atoms with Gasteiger partial charge in [-0.3, -0.25) is 13.9 Å². The van der Waals surface area contributed by atoms with Crippen molar-refractivity contribution >= 4 is 43.5 Å².